The number of aryl methyl sites for hydroxylation is 1. The second-order valence-corrected chi connectivity index (χ2v) is 8.81. The van der Waals surface area contributed by atoms with Gasteiger partial charge >= 0.3 is 0 Å². The van der Waals surface area contributed by atoms with E-state index in [1.165, 1.54) is 4.90 Å². The molecule has 2 aliphatic rings. The van der Waals surface area contributed by atoms with Crippen molar-refractivity contribution in [3.05, 3.63) is 57.3 Å². The highest BCUT2D eigenvalue weighted by Crippen LogP contribution is 2.26. The number of thiocarbonyl (C=S) groups is 1. The lowest BCUT2D eigenvalue weighted by Gasteiger charge is -2.29. The summed E-state index contributed by atoms with van der Waals surface area (Å²) in [4.78, 5) is 27.1. The number of amides is 2. The molecule has 6 nitrogen and oxygen atoms in total. The predicted molar refractivity (Wildman–Crippen MR) is 123 cm³/mol. The van der Waals surface area contributed by atoms with E-state index in [2.05, 4.69) is 25.8 Å². The topological polar surface area (TPSA) is 63.6 Å². The quantitative estimate of drug-likeness (QED) is 0.403. The number of benzene rings is 1. The van der Waals surface area contributed by atoms with E-state index in [1.807, 2.05) is 32.0 Å². The Labute approximate surface area is 189 Å². The molecule has 0 unspecified atom stereocenters. The summed E-state index contributed by atoms with van der Waals surface area (Å²) in [6.45, 7) is 5.60. The van der Waals surface area contributed by atoms with Gasteiger partial charge in [-0.3, -0.25) is 19.8 Å². The monoisotopic (exact) mass is 487 g/mol. The maximum atomic E-state index is 13.2. The fourth-order valence-electron chi connectivity index (χ4n) is 3.88. The molecule has 1 atom stereocenters. The minimum atomic E-state index is -0.484. The number of halogens is 1. The van der Waals surface area contributed by atoms with Crippen LogP contribution in [0.4, 0.5) is 5.69 Å². The normalized spacial score (nSPS) is 20.9. The summed E-state index contributed by atoms with van der Waals surface area (Å²) >= 11 is 8.65. The molecule has 4 rings (SSSR count). The number of carbonyl (C=O) groups excluding carboxylic acids is 2. The second-order valence-electron chi connectivity index (χ2n) is 7.51. The Morgan fingerprint density at radius 1 is 1.27 bits per heavy atom. The van der Waals surface area contributed by atoms with Crippen LogP contribution < -0.4 is 10.2 Å². The van der Waals surface area contributed by atoms with Crippen molar-refractivity contribution < 1.29 is 14.3 Å². The number of anilines is 1. The van der Waals surface area contributed by atoms with Crippen molar-refractivity contribution in [3.63, 3.8) is 0 Å². The van der Waals surface area contributed by atoms with E-state index in [0.29, 0.717) is 5.69 Å². The molecule has 2 fully saturated rings. The van der Waals surface area contributed by atoms with E-state index < -0.39 is 11.8 Å². The van der Waals surface area contributed by atoms with Gasteiger partial charge in [-0.2, -0.15) is 0 Å². The first kappa shape index (κ1) is 21.0. The molecule has 3 heterocycles. The fourth-order valence-corrected chi connectivity index (χ4v) is 4.43. The fraction of sp³-hybridized carbons (Fsp3) is 0.318. The van der Waals surface area contributed by atoms with Crippen molar-refractivity contribution >= 4 is 56.8 Å². The van der Waals surface area contributed by atoms with Gasteiger partial charge in [0.1, 0.15) is 5.57 Å². The minimum absolute atomic E-state index is 0.0592. The number of ether oxygens (including phenoxy) is 1. The molecule has 2 saturated heterocycles. The summed E-state index contributed by atoms with van der Waals surface area (Å²) in [5.74, 6) is -0.919. The molecule has 2 aromatic rings. The Morgan fingerprint density at radius 2 is 2.00 bits per heavy atom. The third-order valence-corrected chi connectivity index (χ3v) is 6.32. The molecule has 2 amide bonds. The van der Waals surface area contributed by atoms with Gasteiger partial charge in [-0.05, 0) is 80.9 Å². The van der Waals surface area contributed by atoms with Crippen LogP contribution in [0.2, 0.25) is 0 Å². The molecular weight excluding hydrogens is 466 g/mol. The third kappa shape index (κ3) is 3.99. The van der Waals surface area contributed by atoms with E-state index in [1.54, 1.807) is 18.2 Å². The van der Waals surface area contributed by atoms with Crippen LogP contribution in [0, 0.1) is 13.8 Å². The molecule has 156 valence electrons. The van der Waals surface area contributed by atoms with Gasteiger partial charge in [-0.25, -0.2) is 0 Å². The van der Waals surface area contributed by atoms with Crippen molar-refractivity contribution in [1.29, 1.82) is 0 Å². The molecule has 8 heteroatoms. The van der Waals surface area contributed by atoms with Crippen LogP contribution in [-0.2, 0) is 20.9 Å². The van der Waals surface area contributed by atoms with E-state index >= 15 is 0 Å². The average molecular weight is 488 g/mol. The van der Waals surface area contributed by atoms with Gasteiger partial charge in [0.25, 0.3) is 11.8 Å². The zero-order valence-electron chi connectivity index (χ0n) is 16.8. The number of rotatable bonds is 4. The summed E-state index contributed by atoms with van der Waals surface area (Å²) < 4.78 is 8.84. The van der Waals surface area contributed by atoms with Gasteiger partial charge in [0.2, 0.25) is 0 Å². The Kier molecular flexibility index (Phi) is 5.90. The summed E-state index contributed by atoms with van der Waals surface area (Å²) in [5, 5.41) is 2.71. The molecule has 1 aromatic carbocycles. The summed E-state index contributed by atoms with van der Waals surface area (Å²) in [7, 11) is 0. The van der Waals surface area contributed by atoms with E-state index in [9.17, 15) is 9.59 Å². The van der Waals surface area contributed by atoms with E-state index in [-0.39, 0.29) is 16.8 Å². The molecule has 0 radical (unpaired) electrons. The smallest absolute Gasteiger partial charge is 0.270 e. The lowest BCUT2D eigenvalue weighted by Crippen LogP contribution is -2.54. The number of hydrogen-bond donors (Lipinski definition) is 1. The van der Waals surface area contributed by atoms with Crippen LogP contribution >= 0.6 is 28.1 Å². The number of nitrogens with one attached hydrogen (secondary N) is 1. The average Bonchev–Trinajstić information content (AvgIpc) is 3.30. The van der Waals surface area contributed by atoms with Crippen LogP contribution in [0.25, 0.3) is 6.08 Å². The van der Waals surface area contributed by atoms with Crippen LogP contribution in [0.5, 0.6) is 0 Å². The second kappa shape index (κ2) is 8.45. The van der Waals surface area contributed by atoms with E-state index in [4.69, 9.17) is 17.0 Å². The highest BCUT2D eigenvalue weighted by atomic mass is 79.9. The number of carbonyl (C=O) groups is 2. The van der Waals surface area contributed by atoms with Gasteiger partial charge < -0.3 is 9.30 Å². The zero-order chi connectivity index (χ0) is 21.4. The lowest BCUT2D eigenvalue weighted by molar-refractivity contribution is -0.122. The largest absolute Gasteiger partial charge is 0.376 e. The molecular formula is C22H22BrN3O3S. The lowest BCUT2D eigenvalue weighted by atomic mass is 10.1. The van der Waals surface area contributed by atoms with Crippen molar-refractivity contribution in [2.24, 2.45) is 0 Å². The first-order chi connectivity index (χ1) is 14.3. The molecule has 1 aromatic heterocycles. The predicted octanol–water partition coefficient (Wildman–Crippen LogP) is 3.88. The van der Waals surface area contributed by atoms with Crippen LogP contribution in [0.3, 0.4) is 0 Å². The van der Waals surface area contributed by atoms with Crippen molar-refractivity contribution in [2.45, 2.75) is 39.3 Å². The van der Waals surface area contributed by atoms with Crippen molar-refractivity contribution in [1.82, 2.24) is 9.88 Å². The van der Waals surface area contributed by atoms with Gasteiger partial charge in [-0.15, -0.1) is 0 Å². The standard InChI is InChI=1S/C22H22BrN3O3S/c1-13-10-15(14(2)25(13)12-18-4-3-9-29-18)11-19-20(27)24-22(30)26(21(19)28)17-7-5-16(23)6-8-17/h5-8,10-11,18H,3-4,9,12H2,1-2H3,(H,24,27,30)/b19-11+/t18-/m1/s1. The van der Waals surface area contributed by atoms with E-state index in [0.717, 1.165) is 47.4 Å². The Morgan fingerprint density at radius 3 is 2.67 bits per heavy atom. The Balaban J connectivity index is 1.66. The van der Waals surface area contributed by atoms with Gasteiger partial charge in [0.15, 0.2) is 5.11 Å². The zero-order valence-corrected chi connectivity index (χ0v) is 19.2. The first-order valence-corrected chi connectivity index (χ1v) is 11.0. The molecule has 0 bridgehead atoms. The van der Waals surface area contributed by atoms with Gasteiger partial charge in [-0.1, -0.05) is 15.9 Å². The van der Waals surface area contributed by atoms with Crippen molar-refractivity contribution in [2.75, 3.05) is 11.5 Å². The summed E-state index contributed by atoms with van der Waals surface area (Å²) in [6, 6.07) is 9.19. The third-order valence-electron chi connectivity index (χ3n) is 5.51. The number of aromatic nitrogens is 1. The van der Waals surface area contributed by atoms with Gasteiger partial charge in [0, 0.05) is 29.0 Å². The van der Waals surface area contributed by atoms with Crippen LogP contribution in [0.1, 0.15) is 29.8 Å². The summed E-state index contributed by atoms with van der Waals surface area (Å²) in [5.41, 5.74) is 3.57. The van der Waals surface area contributed by atoms with Crippen LogP contribution in [-0.4, -0.2) is 34.2 Å². The molecule has 2 aliphatic heterocycles. The highest BCUT2D eigenvalue weighted by molar-refractivity contribution is 9.10. The highest BCUT2D eigenvalue weighted by Gasteiger charge is 2.34. The molecule has 0 saturated carbocycles. The molecule has 1 N–H and O–H groups in total. The number of hydrogen-bond acceptors (Lipinski definition) is 4. The molecule has 0 spiro atoms. The summed E-state index contributed by atoms with van der Waals surface area (Å²) in [6.07, 6.45) is 4.00. The Bertz CT molecular complexity index is 1050. The maximum absolute atomic E-state index is 13.2. The Hall–Kier alpha value is -2.29. The van der Waals surface area contributed by atoms with Crippen molar-refractivity contribution in [3.8, 4) is 0 Å². The number of nitrogens with zero attached hydrogens (tertiary/aromatic N) is 2. The van der Waals surface area contributed by atoms with Crippen LogP contribution in [0.15, 0.2) is 40.4 Å². The maximum Gasteiger partial charge on any atom is 0.270 e. The first-order valence-electron chi connectivity index (χ1n) is 9.80. The SMILES string of the molecule is Cc1cc(/C=C2\C(=O)NC(=S)N(c3ccc(Br)cc3)C2=O)c(C)n1C[C@H]1CCCO1. The van der Waals surface area contributed by atoms with Gasteiger partial charge in [0.05, 0.1) is 11.8 Å². The minimum Gasteiger partial charge on any atom is -0.376 e. The molecule has 30 heavy (non-hydrogen) atoms. The molecule has 0 aliphatic carbocycles.